The Morgan fingerprint density at radius 3 is 2.40 bits per heavy atom. The number of nitrogens with zero attached hydrogens (tertiary/aromatic N) is 6. The zero-order valence-electron chi connectivity index (χ0n) is 20.5. The first-order valence-corrected chi connectivity index (χ1v) is 12.8. The molecular formula is C26H32F2N6O. The summed E-state index contributed by atoms with van der Waals surface area (Å²) in [4.78, 5) is 19.2. The van der Waals surface area contributed by atoms with Crippen LogP contribution in [0.2, 0.25) is 0 Å². The van der Waals surface area contributed by atoms with E-state index in [2.05, 4.69) is 11.3 Å². The quantitative estimate of drug-likeness (QED) is 0.496. The van der Waals surface area contributed by atoms with E-state index in [1.54, 1.807) is 6.92 Å². The molecule has 3 aromatic rings. The van der Waals surface area contributed by atoms with Crippen LogP contribution in [0.15, 0.2) is 12.4 Å². The molecule has 2 aliphatic carbocycles. The highest BCUT2D eigenvalue weighted by Crippen LogP contribution is 2.42. The minimum atomic E-state index is -1.20. The van der Waals surface area contributed by atoms with Gasteiger partial charge in [-0.15, -0.1) is 0 Å². The van der Waals surface area contributed by atoms with Gasteiger partial charge in [0.15, 0.2) is 5.65 Å². The molecule has 0 spiro atoms. The van der Waals surface area contributed by atoms with Crippen LogP contribution in [0.4, 0.5) is 8.78 Å². The lowest BCUT2D eigenvalue weighted by molar-refractivity contribution is 0.00388. The van der Waals surface area contributed by atoms with Gasteiger partial charge in [-0.25, -0.2) is 28.7 Å². The Kier molecular flexibility index (Phi) is 5.78. The van der Waals surface area contributed by atoms with Gasteiger partial charge in [-0.3, -0.25) is 4.68 Å². The molecule has 7 nitrogen and oxygen atoms in total. The molecular weight excluding hydrogens is 450 g/mol. The third kappa shape index (κ3) is 4.32. The Balaban J connectivity index is 1.35. The Bertz CT molecular complexity index is 1230. The first kappa shape index (κ1) is 22.9. The molecule has 3 aliphatic rings. The van der Waals surface area contributed by atoms with Crippen molar-refractivity contribution in [2.75, 3.05) is 6.61 Å². The fraction of sp³-hybridized carbons (Fsp3) is 0.654. The van der Waals surface area contributed by atoms with E-state index in [0.29, 0.717) is 35.3 Å². The van der Waals surface area contributed by atoms with Crippen molar-refractivity contribution in [2.45, 2.75) is 95.6 Å². The molecule has 186 valence electrons. The molecule has 0 amide bonds. The Morgan fingerprint density at radius 1 is 0.914 bits per heavy atom. The molecule has 35 heavy (non-hydrogen) atoms. The van der Waals surface area contributed by atoms with Gasteiger partial charge in [0.05, 0.1) is 35.4 Å². The van der Waals surface area contributed by atoms with E-state index in [9.17, 15) is 8.78 Å². The summed E-state index contributed by atoms with van der Waals surface area (Å²) in [5.74, 6) is -0.196. The summed E-state index contributed by atoms with van der Waals surface area (Å²) >= 11 is 0. The first-order chi connectivity index (χ1) is 16.9. The fourth-order valence-corrected chi connectivity index (χ4v) is 5.46. The molecule has 3 aromatic heterocycles. The van der Waals surface area contributed by atoms with Crippen LogP contribution in [0.3, 0.4) is 0 Å². The maximum absolute atomic E-state index is 14.7. The molecule has 3 fully saturated rings. The molecule has 4 heterocycles. The maximum Gasteiger partial charge on any atom is 0.182 e. The molecule has 0 N–H and O–H groups in total. The smallest absolute Gasteiger partial charge is 0.182 e. The average Bonchev–Trinajstić information content (AvgIpc) is 3.58. The summed E-state index contributed by atoms with van der Waals surface area (Å²) < 4.78 is 37.6. The van der Waals surface area contributed by atoms with Crippen molar-refractivity contribution in [1.29, 1.82) is 0 Å². The monoisotopic (exact) mass is 482 g/mol. The van der Waals surface area contributed by atoms with Crippen molar-refractivity contribution >= 4 is 11.2 Å². The van der Waals surface area contributed by atoms with Gasteiger partial charge in [0.2, 0.25) is 0 Å². The summed E-state index contributed by atoms with van der Waals surface area (Å²) in [5, 5.41) is 4.52. The highest BCUT2D eigenvalue weighted by Gasteiger charge is 2.39. The molecule has 6 rings (SSSR count). The zero-order chi connectivity index (χ0) is 24.3. The van der Waals surface area contributed by atoms with E-state index >= 15 is 0 Å². The largest absolute Gasteiger partial charge is 0.373 e. The Hall–Kier alpha value is -2.55. The second-order valence-electron chi connectivity index (χ2n) is 10.7. The van der Waals surface area contributed by atoms with Crippen LogP contribution in [0.1, 0.15) is 97.9 Å². The summed E-state index contributed by atoms with van der Waals surface area (Å²) in [6.45, 7) is 6.04. The van der Waals surface area contributed by atoms with Crippen molar-refractivity contribution in [3.63, 3.8) is 0 Å². The predicted molar refractivity (Wildman–Crippen MR) is 127 cm³/mol. The SMILES string of the molecule is Cc1nc2nc(C3CCOC(c4cnn(C5CC5)c4)C3)nc(C3CC(F)C(C)C(F)C3)c2nc1C. The van der Waals surface area contributed by atoms with E-state index in [-0.39, 0.29) is 30.8 Å². The van der Waals surface area contributed by atoms with Gasteiger partial charge < -0.3 is 4.74 Å². The number of alkyl halides is 2. The maximum atomic E-state index is 14.7. The zero-order valence-corrected chi connectivity index (χ0v) is 20.5. The topological polar surface area (TPSA) is 78.6 Å². The Morgan fingerprint density at radius 2 is 1.66 bits per heavy atom. The Labute approximate surface area is 203 Å². The molecule has 1 aliphatic heterocycles. The third-order valence-corrected chi connectivity index (χ3v) is 8.10. The van der Waals surface area contributed by atoms with Gasteiger partial charge in [-0.1, -0.05) is 6.92 Å². The van der Waals surface area contributed by atoms with Gasteiger partial charge >= 0.3 is 0 Å². The molecule has 0 radical (unpaired) electrons. The second kappa shape index (κ2) is 8.84. The average molecular weight is 483 g/mol. The van der Waals surface area contributed by atoms with E-state index in [4.69, 9.17) is 24.7 Å². The van der Waals surface area contributed by atoms with Crippen molar-refractivity contribution in [1.82, 2.24) is 29.7 Å². The predicted octanol–water partition coefficient (Wildman–Crippen LogP) is 5.39. The van der Waals surface area contributed by atoms with Crippen LogP contribution in [0, 0.1) is 19.8 Å². The number of halogens is 2. The van der Waals surface area contributed by atoms with Crippen molar-refractivity contribution in [3.05, 3.63) is 40.9 Å². The standard InChI is InChI=1S/C26H32F2N6O/c1-13-20(27)8-17(9-21(13)28)23-24-26(31-15(3)14(2)30-24)33-25(32-23)16-6-7-35-22(10-16)18-11-29-34(12-18)19-4-5-19/h11-13,16-17,19-22H,4-10H2,1-3H3. The minimum Gasteiger partial charge on any atom is -0.373 e. The molecule has 0 bridgehead atoms. The van der Waals surface area contributed by atoms with Crippen LogP contribution in [0.5, 0.6) is 0 Å². The van der Waals surface area contributed by atoms with Gasteiger partial charge in [0.1, 0.15) is 23.7 Å². The molecule has 0 aromatic carbocycles. The van der Waals surface area contributed by atoms with Crippen LogP contribution < -0.4 is 0 Å². The van der Waals surface area contributed by atoms with Gasteiger partial charge in [-0.2, -0.15) is 5.10 Å². The normalized spacial score (nSPS) is 31.7. The number of hydrogen-bond acceptors (Lipinski definition) is 6. The van der Waals surface area contributed by atoms with E-state index in [0.717, 1.165) is 29.8 Å². The second-order valence-corrected chi connectivity index (χ2v) is 10.7. The summed E-state index contributed by atoms with van der Waals surface area (Å²) in [6, 6.07) is 0.525. The molecule has 1 saturated heterocycles. The van der Waals surface area contributed by atoms with Crippen molar-refractivity contribution < 1.29 is 13.5 Å². The summed E-state index contributed by atoms with van der Waals surface area (Å²) in [7, 11) is 0. The summed E-state index contributed by atoms with van der Waals surface area (Å²) in [5.41, 5.74) is 4.39. The van der Waals surface area contributed by atoms with Gasteiger partial charge in [0.25, 0.3) is 0 Å². The molecule has 2 saturated carbocycles. The van der Waals surface area contributed by atoms with E-state index < -0.39 is 18.3 Å². The van der Waals surface area contributed by atoms with Crippen molar-refractivity contribution in [2.24, 2.45) is 5.92 Å². The van der Waals surface area contributed by atoms with Crippen LogP contribution in [-0.4, -0.2) is 48.7 Å². The van der Waals surface area contributed by atoms with Crippen molar-refractivity contribution in [3.8, 4) is 0 Å². The number of hydrogen-bond donors (Lipinski definition) is 0. The highest BCUT2D eigenvalue weighted by atomic mass is 19.1. The van der Waals surface area contributed by atoms with Gasteiger partial charge in [-0.05, 0) is 52.4 Å². The van der Waals surface area contributed by atoms with Crippen LogP contribution in [-0.2, 0) is 4.74 Å². The van der Waals surface area contributed by atoms with Crippen LogP contribution in [0.25, 0.3) is 11.2 Å². The minimum absolute atomic E-state index is 0.0643. The number of rotatable bonds is 4. The molecule has 4 unspecified atom stereocenters. The van der Waals surface area contributed by atoms with E-state index in [1.807, 2.05) is 24.7 Å². The molecule has 9 heteroatoms. The lowest BCUT2D eigenvalue weighted by Gasteiger charge is -2.33. The molecule has 4 atom stereocenters. The lowest BCUT2D eigenvalue weighted by Crippen LogP contribution is -2.33. The number of fused-ring (bicyclic) bond motifs is 1. The first-order valence-electron chi connectivity index (χ1n) is 12.8. The number of ether oxygens (including phenoxy) is 1. The van der Waals surface area contributed by atoms with Crippen LogP contribution >= 0.6 is 0 Å². The number of aryl methyl sites for hydroxylation is 2. The number of aromatic nitrogens is 6. The van der Waals surface area contributed by atoms with E-state index in [1.165, 1.54) is 12.8 Å². The van der Waals surface area contributed by atoms with Gasteiger partial charge in [0, 0.05) is 36.1 Å². The third-order valence-electron chi connectivity index (χ3n) is 8.10. The summed E-state index contributed by atoms with van der Waals surface area (Å²) in [6.07, 6.45) is 5.91. The lowest BCUT2D eigenvalue weighted by atomic mass is 9.78. The fourth-order valence-electron chi connectivity index (χ4n) is 5.46. The highest BCUT2D eigenvalue weighted by molar-refractivity contribution is 5.73.